The number of benzene rings is 1. The normalized spacial score (nSPS) is 9.40. The fourth-order valence-corrected chi connectivity index (χ4v) is 1.25. The highest BCUT2D eigenvalue weighted by molar-refractivity contribution is 6.31. The Labute approximate surface area is 93.7 Å². The minimum Gasteiger partial charge on any atom is -0.352 e. The Hall–Kier alpha value is -1.53. The predicted molar refractivity (Wildman–Crippen MR) is 58.3 cm³/mol. The third-order valence-electron chi connectivity index (χ3n) is 1.96. The van der Waals surface area contributed by atoms with Gasteiger partial charge in [-0.05, 0) is 17.7 Å². The molecule has 15 heavy (non-hydrogen) atoms. The summed E-state index contributed by atoms with van der Waals surface area (Å²) >= 11 is 5.78. The van der Waals surface area contributed by atoms with Gasteiger partial charge in [-0.1, -0.05) is 24.6 Å². The number of nitrogens with zero attached hydrogens (tertiary/aromatic N) is 1. The summed E-state index contributed by atoms with van der Waals surface area (Å²) in [7, 11) is 0. The van der Waals surface area contributed by atoms with Crippen molar-refractivity contribution in [2.75, 3.05) is 0 Å². The third-order valence-corrected chi connectivity index (χ3v) is 2.29. The highest BCUT2D eigenvalue weighted by atomic mass is 35.5. The average Bonchev–Trinajstić information content (AvgIpc) is 2.27. The van der Waals surface area contributed by atoms with E-state index in [-0.39, 0.29) is 5.91 Å². The second-order valence-electron chi connectivity index (χ2n) is 3.06. The van der Waals surface area contributed by atoms with Gasteiger partial charge in [-0.2, -0.15) is 5.26 Å². The van der Waals surface area contributed by atoms with Crippen molar-refractivity contribution in [1.29, 1.82) is 5.26 Å². The minimum atomic E-state index is -0.0107. The van der Waals surface area contributed by atoms with Gasteiger partial charge >= 0.3 is 0 Å². The second kappa shape index (κ2) is 5.38. The van der Waals surface area contributed by atoms with Crippen molar-refractivity contribution in [3.63, 3.8) is 0 Å². The molecule has 0 aromatic heterocycles. The van der Waals surface area contributed by atoms with Crippen LogP contribution in [0.1, 0.15) is 24.5 Å². The molecule has 1 rings (SSSR count). The molecule has 0 radical (unpaired) electrons. The van der Waals surface area contributed by atoms with Gasteiger partial charge in [0.15, 0.2) is 0 Å². The quantitative estimate of drug-likeness (QED) is 0.853. The molecule has 0 unspecified atom stereocenters. The smallest absolute Gasteiger partial charge is 0.219 e. The molecule has 3 nitrogen and oxygen atoms in total. The lowest BCUT2D eigenvalue weighted by Crippen LogP contribution is -2.21. The molecule has 0 spiro atoms. The zero-order valence-corrected chi connectivity index (χ0v) is 9.14. The topological polar surface area (TPSA) is 52.9 Å². The van der Waals surface area contributed by atoms with Crippen LogP contribution in [0, 0.1) is 11.3 Å². The lowest BCUT2D eigenvalue weighted by molar-refractivity contribution is -0.120. The number of hydrogen-bond donors (Lipinski definition) is 1. The largest absolute Gasteiger partial charge is 0.352 e. The lowest BCUT2D eigenvalue weighted by atomic mass is 10.1. The van der Waals surface area contributed by atoms with Gasteiger partial charge in [0.1, 0.15) is 6.07 Å². The summed E-state index contributed by atoms with van der Waals surface area (Å²) in [5, 5.41) is 11.9. The first-order valence-electron chi connectivity index (χ1n) is 4.62. The monoisotopic (exact) mass is 222 g/mol. The number of nitrogens with one attached hydrogen (secondary N) is 1. The van der Waals surface area contributed by atoms with E-state index in [1.54, 1.807) is 25.1 Å². The first kappa shape index (κ1) is 11.5. The molecule has 1 N–H and O–H groups in total. The molecule has 0 aliphatic carbocycles. The maximum Gasteiger partial charge on any atom is 0.219 e. The van der Waals surface area contributed by atoms with E-state index in [1.807, 2.05) is 6.07 Å². The zero-order valence-electron chi connectivity index (χ0n) is 8.38. The van der Waals surface area contributed by atoms with E-state index in [9.17, 15) is 4.79 Å². The predicted octanol–water partition coefficient (Wildman–Crippen LogP) is 2.24. The molecule has 0 saturated heterocycles. The molecular formula is C11H11ClN2O. The third kappa shape index (κ3) is 3.26. The molecule has 0 fully saturated rings. The molecule has 1 aromatic carbocycles. The fourth-order valence-electron chi connectivity index (χ4n) is 1.09. The molecule has 0 aliphatic heterocycles. The summed E-state index contributed by atoms with van der Waals surface area (Å²) in [6.07, 6.45) is 0.457. The van der Waals surface area contributed by atoms with Crippen LogP contribution >= 0.6 is 11.6 Å². The molecule has 0 heterocycles. The van der Waals surface area contributed by atoms with Crippen LogP contribution in [0.25, 0.3) is 0 Å². The van der Waals surface area contributed by atoms with E-state index < -0.39 is 0 Å². The van der Waals surface area contributed by atoms with Crippen molar-refractivity contribution in [1.82, 2.24) is 5.32 Å². The highest BCUT2D eigenvalue weighted by Gasteiger charge is 2.02. The summed E-state index contributed by atoms with van der Waals surface area (Å²) in [5.41, 5.74) is 1.30. The first-order chi connectivity index (χ1) is 7.17. The summed E-state index contributed by atoms with van der Waals surface area (Å²) in [6, 6.07) is 7.12. The minimum absolute atomic E-state index is 0.0107. The van der Waals surface area contributed by atoms with Gasteiger partial charge in [-0.15, -0.1) is 0 Å². The van der Waals surface area contributed by atoms with Gasteiger partial charge in [-0.25, -0.2) is 0 Å². The lowest BCUT2D eigenvalue weighted by Gasteiger charge is -2.04. The van der Waals surface area contributed by atoms with Gasteiger partial charge in [-0.3, -0.25) is 4.79 Å². The van der Waals surface area contributed by atoms with Gasteiger partial charge in [0.2, 0.25) is 5.91 Å². The SMILES string of the molecule is CCC(=O)NCc1ccc(Cl)c(C#N)c1. The van der Waals surface area contributed by atoms with Crippen molar-refractivity contribution < 1.29 is 4.79 Å². The molecule has 1 amide bonds. The molecular weight excluding hydrogens is 212 g/mol. The molecule has 0 bridgehead atoms. The molecule has 4 heteroatoms. The standard InChI is InChI=1S/C11H11ClN2O/c1-2-11(15)14-7-8-3-4-10(12)9(5-8)6-13/h3-5H,2,7H2,1H3,(H,14,15). The maximum atomic E-state index is 11.0. The van der Waals surface area contributed by atoms with Crippen molar-refractivity contribution >= 4 is 17.5 Å². The van der Waals surface area contributed by atoms with Gasteiger partial charge in [0, 0.05) is 13.0 Å². The Morgan fingerprint density at radius 2 is 2.33 bits per heavy atom. The van der Waals surface area contributed by atoms with E-state index in [2.05, 4.69) is 5.32 Å². The molecule has 1 aromatic rings. The van der Waals surface area contributed by atoms with Crippen LogP contribution in [0.4, 0.5) is 0 Å². The van der Waals surface area contributed by atoms with E-state index in [0.717, 1.165) is 5.56 Å². The van der Waals surface area contributed by atoms with E-state index in [1.165, 1.54) is 0 Å². The molecule has 0 atom stereocenters. The molecule has 0 saturated carbocycles. The molecule has 78 valence electrons. The Bertz CT molecular complexity index is 410. The van der Waals surface area contributed by atoms with Gasteiger partial charge < -0.3 is 5.32 Å². The number of hydrogen-bond acceptors (Lipinski definition) is 2. The van der Waals surface area contributed by atoms with E-state index in [0.29, 0.717) is 23.6 Å². The number of nitriles is 1. The Kier molecular flexibility index (Phi) is 4.14. The van der Waals surface area contributed by atoms with Crippen LogP contribution in [0.15, 0.2) is 18.2 Å². The molecule has 0 aliphatic rings. The summed E-state index contributed by atoms with van der Waals surface area (Å²) in [6.45, 7) is 2.22. The van der Waals surface area contributed by atoms with Gasteiger partial charge in [0.05, 0.1) is 10.6 Å². The Morgan fingerprint density at radius 3 is 2.93 bits per heavy atom. The average molecular weight is 223 g/mol. The number of rotatable bonds is 3. The summed E-state index contributed by atoms with van der Waals surface area (Å²) in [5.74, 6) is -0.0107. The van der Waals surface area contributed by atoms with Gasteiger partial charge in [0.25, 0.3) is 0 Å². The van der Waals surface area contributed by atoms with Crippen molar-refractivity contribution in [2.45, 2.75) is 19.9 Å². The zero-order chi connectivity index (χ0) is 11.3. The number of carbonyl (C=O) groups is 1. The van der Waals surface area contributed by atoms with E-state index >= 15 is 0 Å². The Balaban J connectivity index is 2.71. The Morgan fingerprint density at radius 1 is 1.60 bits per heavy atom. The van der Waals surface area contributed by atoms with Crippen LogP contribution in [-0.4, -0.2) is 5.91 Å². The number of halogens is 1. The van der Waals surface area contributed by atoms with Crippen LogP contribution in [0.5, 0.6) is 0 Å². The van der Waals surface area contributed by atoms with Crippen molar-refractivity contribution in [3.05, 3.63) is 34.3 Å². The van der Waals surface area contributed by atoms with Crippen LogP contribution < -0.4 is 5.32 Å². The van der Waals surface area contributed by atoms with Crippen LogP contribution in [0.2, 0.25) is 5.02 Å². The fraction of sp³-hybridized carbons (Fsp3) is 0.273. The van der Waals surface area contributed by atoms with Crippen LogP contribution in [0.3, 0.4) is 0 Å². The van der Waals surface area contributed by atoms with Crippen molar-refractivity contribution in [3.8, 4) is 6.07 Å². The van der Waals surface area contributed by atoms with Crippen LogP contribution in [-0.2, 0) is 11.3 Å². The summed E-state index contributed by atoms with van der Waals surface area (Å²) < 4.78 is 0. The number of carbonyl (C=O) groups excluding carboxylic acids is 1. The highest BCUT2D eigenvalue weighted by Crippen LogP contribution is 2.16. The maximum absolute atomic E-state index is 11.0. The number of amides is 1. The second-order valence-corrected chi connectivity index (χ2v) is 3.46. The first-order valence-corrected chi connectivity index (χ1v) is 5.00. The van der Waals surface area contributed by atoms with Crippen molar-refractivity contribution in [2.24, 2.45) is 0 Å². The van der Waals surface area contributed by atoms with E-state index in [4.69, 9.17) is 16.9 Å². The summed E-state index contributed by atoms with van der Waals surface area (Å²) in [4.78, 5) is 11.0.